The molecule has 1 aromatic rings. The molecule has 0 radical (unpaired) electrons. The number of nitrogens with zero attached hydrogens (tertiary/aromatic N) is 2. The molecule has 0 saturated carbocycles. The number of hydrogen-bond donors (Lipinski definition) is 3. The Labute approximate surface area is 100 Å². The van der Waals surface area contributed by atoms with E-state index in [1.54, 1.807) is 6.07 Å². The first kappa shape index (κ1) is 12.4. The molecule has 5 nitrogen and oxygen atoms in total. The first-order valence-electron chi connectivity index (χ1n) is 4.31. The van der Waals surface area contributed by atoms with Gasteiger partial charge in [0.25, 0.3) is 0 Å². The molecule has 86 valence electrons. The number of alkyl halides is 1. The van der Waals surface area contributed by atoms with Crippen LogP contribution in [0, 0.1) is 5.82 Å². The highest BCUT2D eigenvalue weighted by Crippen LogP contribution is 2.20. The Morgan fingerprint density at radius 3 is 2.50 bits per heavy atom. The lowest BCUT2D eigenvalue weighted by molar-refractivity contribution is 0.628. The molecule has 0 saturated heterocycles. The third kappa shape index (κ3) is 3.50. The highest BCUT2D eigenvalue weighted by molar-refractivity contribution is 9.08. The van der Waals surface area contributed by atoms with Crippen molar-refractivity contribution in [2.24, 2.45) is 27.2 Å². The van der Waals surface area contributed by atoms with Gasteiger partial charge in [0.15, 0.2) is 5.96 Å². The van der Waals surface area contributed by atoms with E-state index in [1.165, 1.54) is 12.1 Å². The third-order valence-electron chi connectivity index (χ3n) is 1.65. The van der Waals surface area contributed by atoms with Crippen LogP contribution in [0.15, 0.2) is 28.2 Å². The molecule has 0 aliphatic heterocycles. The summed E-state index contributed by atoms with van der Waals surface area (Å²) < 4.78 is 13.4. The minimum Gasteiger partial charge on any atom is -0.370 e. The average molecular weight is 288 g/mol. The summed E-state index contributed by atoms with van der Waals surface area (Å²) in [6.07, 6.45) is 0. The summed E-state index contributed by atoms with van der Waals surface area (Å²) in [4.78, 5) is 7.21. The van der Waals surface area contributed by atoms with Crippen LogP contribution in [0.5, 0.6) is 0 Å². The van der Waals surface area contributed by atoms with Crippen LogP contribution >= 0.6 is 15.9 Å². The van der Waals surface area contributed by atoms with Crippen molar-refractivity contribution in [2.75, 3.05) is 0 Å². The zero-order valence-electron chi connectivity index (χ0n) is 8.32. The van der Waals surface area contributed by atoms with Crippen LogP contribution in [0.25, 0.3) is 0 Å². The maximum Gasteiger partial charge on any atom is 0.223 e. The van der Waals surface area contributed by atoms with Crippen LogP contribution in [0.2, 0.25) is 0 Å². The molecular formula is C9H11BrFN5. The zero-order chi connectivity index (χ0) is 12.1. The van der Waals surface area contributed by atoms with Crippen molar-refractivity contribution in [1.29, 1.82) is 0 Å². The molecule has 16 heavy (non-hydrogen) atoms. The fraction of sp³-hybridized carbons (Fsp3) is 0.111. The Balaban J connectivity index is 3.02. The Hall–Kier alpha value is -1.63. The van der Waals surface area contributed by atoms with E-state index in [1.807, 2.05) is 0 Å². The van der Waals surface area contributed by atoms with E-state index in [0.717, 1.165) is 5.56 Å². The van der Waals surface area contributed by atoms with Gasteiger partial charge < -0.3 is 17.2 Å². The van der Waals surface area contributed by atoms with Gasteiger partial charge in [-0.1, -0.05) is 22.0 Å². The number of hydrogen-bond acceptors (Lipinski definition) is 1. The van der Waals surface area contributed by atoms with Gasteiger partial charge in [-0.05, 0) is 17.7 Å². The van der Waals surface area contributed by atoms with Crippen LogP contribution in [-0.2, 0) is 5.33 Å². The van der Waals surface area contributed by atoms with Gasteiger partial charge in [0.1, 0.15) is 11.5 Å². The fourth-order valence-corrected chi connectivity index (χ4v) is 1.35. The van der Waals surface area contributed by atoms with Crippen LogP contribution in [0.1, 0.15) is 5.56 Å². The Bertz CT molecular complexity index is 440. The lowest BCUT2D eigenvalue weighted by Crippen LogP contribution is -2.26. The highest BCUT2D eigenvalue weighted by atomic mass is 79.9. The second-order valence-electron chi connectivity index (χ2n) is 2.93. The lowest BCUT2D eigenvalue weighted by atomic mass is 10.2. The van der Waals surface area contributed by atoms with Crippen LogP contribution in [-0.4, -0.2) is 11.9 Å². The van der Waals surface area contributed by atoms with Gasteiger partial charge in [0.2, 0.25) is 5.96 Å². The summed E-state index contributed by atoms with van der Waals surface area (Å²) in [5, 5.41) is 0.567. The third-order valence-corrected chi connectivity index (χ3v) is 2.29. The molecule has 1 rings (SSSR count). The largest absolute Gasteiger partial charge is 0.370 e. The molecule has 0 aliphatic rings. The summed E-state index contributed by atoms with van der Waals surface area (Å²) in [6, 6.07) is 4.58. The molecule has 1 aromatic carbocycles. The fourth-order valence-electron chi connectivity index (χ4n) is 1.00. The second kappa shape index (κ2) is 5.45. The summed E-state index contributed by atoms with van der Waals surface area (Å²) in [6.45, 7) is 0. The average Bonchev–Trinajstić information content (AvgIpc) is 2.19. The van der Waals surface area contributed by atoms with E-state index in [2.05, 4.69) is 25.9 Å². The van der Waals surface area contributed by atoms with Crippen molar-refractivity contribution in [1.82, 2.24) is 0 Å². The van der Waals surface area contributed by atoms with E-state index in [0.29, 0.717) is 5.33 Å². The molecule has 0 bridgehead atoms. The molecule has 0 unspecified atom stereocenters. The van der Waals surface area contributed by atoms with Gasteiger partial charge in [0.05, 0.1) is 0 Å². The Morgan fingerprint density at radius 1 is 1.31 bits per heavy atom. The molecule has 0 aromatic heterocycles. The number of rotatable bonds is 2. The van der Waals surface area contributed by atoms with Crippen LogP contribution in [0.4, 0.5) is 10.1 Å². The highest BCUT2D eigenvalue weighted by Gasteiger charge is 2.02. The van der Waals surface area contributed by atoms with Gasteiger partial charge in [0, 0.05) is 5.33 Å². The predicted molar refractivity (Wildman–Crippen MR) is 66.1 cm³/mol. The van der Waals surface area contributed by atoms with Gasteiger partial charge in [-0.3, -0.25) is 0 Å². The van der Waals surface area contributed by atoms with Gasteiger partial charge in [-0.25, -0.2) is 9.38 Å². The Morgan fingerprint density at radius 2 is 2.00 bits per heavy atom. The SMILES string of the molecule is NC(N)=NC(N)=Nc1ccc(CBr)cc1F. The second-order valence-corrected chi connectivity index (χ2v) is 3.49. The normalized spacial score (nSPS) is 11.2. The Kier molecular flexibility index (Phi) is 4.24. The monoisotopic (exact) mass is 287 g/mol. The van der Waals surface area contributed by atoms with E-state index >= 15 is 0 Å². The maximum absolute atomic E-state index is 13.4. The number of nitrogens with two attached hydrogens (primary N) is 3. The van der Waals surface area contributed by atoms with Gasteiger partial charge in [-0.2, -0.15) is 4.99 Å². The maximum atomic E-state index is 13.4. The molecule has 0 fully saturated rings. The van der Waals surface area contributed by atoms with E-state index < -0.39 is 5.82 Å². The summed E-state index contributed by atoms with van der Waals surface area (Å²) >= 11 is 3.22. The van der Waals surface area contributed by atoms with Crippen molar-refractivity contribution in [2.45, 2.75) is 5.33 Å². The number of benzene rings is 1. The van der Waals surface area contributed by atoms with Gasteiger partial charge >= 0.3 is 0 Å². The number of halogens is 2. The van der Waals surface area contributed by atoms with E-state index in [-0.39, 0.29) is 17.6 Å². The van der Waals surface area contributed by atoms with E-state index in [4.69, 9.17) is 17.2 Å². The standard InChI is InChI=1S/C9H11BrFN5/c10-4-5-1-2-7(6(11)3-5)15-9(14)16-8(12)13/h1-3H,4H2,(H6,12,13,14,15,16). The minimum absolute atomic E-state index is 0.0900. The van der Waals surface area contributed by atoms with Crippen LogP contribution in [0.3, 0.4) is 0 Å². The molecule has 0 amide bonds. The molecular weight excluding hydrogens is 277 g/mol. The summed E-state index contributed by atoms with van der Waals surface area (Å²) in [5.41, 5.74) is 16.5. The molecule has 7 heteroatoms. The van der Waals surface area contributed by atoms with E-state index in [9.17, 15) is 4.39 Å². The predicted octanol–water partition coefficient (Wildman–Crippen LogP) is 0.940. The molecule has 0 spiro atoms. The smallest absolute Gasteiger partial charge is 0.223 e. The first-order chi connectivity index (χ1) is 7.52. The van der Waals surface area contributed by atoms with Crippen molar-refractivity contribution < 1.29 is 4.39 Å². The zero-order valence-corrected chi connectivity index (χ0v) is 9.91. The van der Waals surface area contributed by atoms with Crippen molar-refractivity contribution >= 4 is 33.5 Å². The quantitative estimate of drug-likeness (QED) is 0.428. The molecule has 6 N–H and O–H groups in total. The van der Waals surface area contributed by atoms with Gasteiger partial charge in [-0.15, -0.1) is 0 Å². The van der Waals surface area contributed by atoms with Crippen molar-refractivity contribution in [3.05, 3.63) is 29.6 Å². The van der Waals surface area contributed by atoms with Crippen molar-refractivity contribution in [3.8, 4) is 0 Å². The summed E-state index contributed by atoms with van der Waals surface area (Å²) in [5.74, 6) is -0.894. The molecule has 0 aliphatic carbocycles. The molecule has 0 heterocycles. The topological polar surface area (TPSA) is 103 Å². The van der Waals surface area contributed by atoms with Crippen LogP contribution < -0.4 is 17.2 Å². The minimum atomic E-state index is -0.481. The molecule has 0 atom stereocenters. The first-order valence-corrected chi connectivity index (χ1v) is 5.43. The number of guanidine groups is 2. The van der Waals surface area contributed by atoms with Crippen molar-refractivity contribution in [3.63, 3.8) is 0 Å². The number of aliphatic imine (C=N–C) groups is 2. The summed E-state index contributed by atoms with van der Waals surface area (Å²) in [7, 11) is 0. The lowest BCUT2D eigenvalue weighted by Gasteiger charge is -2.00.